The smallest absolute Gasteiger partial charge is 0.343 e. The van der Waals surface area contributed by atoms with Gasteiger partial charge in [0.15, 0.2) is 11.5 Å². The van der Waals surface area contributed by atoms with Gasteiger partial charge in [0.25, 0.3) is 0 Å². The number of rotatable bonds is 11. The Balaban J connectivity index is 1.63. The average Bonchev–Trinajstić information content (AvgIpc) is 2.94. The zero-order valence-corrected chi connectivity index (χ0v) is 22.4. The summed E-state index contributed by atoms with van der Waals surface area (Å²) in [6.07, 6.45) is 1.96. The number of ether oxygens (including phenoxy) is 5. The second kappa shape index (κ2) is 12.7. The van der Waals surface area contributed by atoms with Crippen molar-refractivity contribution in [2.75, 3.05) is 19.8 Å². The van der Waals surface area contributed by atoms with Crippen molar-refractivity contribution >= 4 is 5.97 Å². The maximum atomic E-state index is 12.7. The van der Waals surface area contributed by atoms with Crippen LogP contribution in [-0.4, -0.2) is 25.8 Å². The second-order valence-electron chi connectivity index (χ2n) is 8.81. The molecule has 4 rings (SSSR count). The molecule has 1 aliphatic rings. The molecule has 0 bridgehead atoms. The Hall–Kier alpha value is -4.64. The fourth-order valence-corrected chi connectivity index (χ4v) is 4.28. The van der Waals surface area contributed by atoms with E-state index in [0.29, 0.717) is 53.9 Å². The quantitative estimate of drug-likeness (QED) is 0.180. The summed E-state index contributed by atoms with van der Waals surface area (Å²) in [6.45, 7) is 7.48. The standard InChI is InChI=1S/C31H32N2O6/c1-4-7-16-37-26-15-10-21(17-28(26)36-6-3)29-24-14-13-23(18-27(24)39-30(33)25(29)19-32)38-31(34)20-8-11-22(12-9-20)35-5-2/h8-15,17-18,29H,4-7,16,33H2,1-3H3. The fourth-order valence-electron chi connectivity index (χ4n) is 4.28. The van der Waals surface area contributed by atoms with Crippen LogP contribution in [-0.2, 0) is 0 Å². The molecule has 0 aromatic heterocycles. The van der Waals surface area contributed by atoms with Gasteiger partial charge in [-0.25, -0.2) is 4.79 Å². The van der Waals surface area contributed by atoms with Gasteiger partial charge >= 0.3 is 5.97 Å². The molecule has 0 radical (unpaired) electrons. The van der Waals surface area contributed by atoms with Crippen molar-refractivity contribution in [1.29, 1.82) is 5.26 Å². The van der Waals surface area contributed by atoms with E-state index >= 15 is 0 Å². The van der Waals surface area contributed by atoms with E-state index in [1.54, 1.807) is 42.5 Å². The van der Waals surface area contributed by atoms with E-state index in [2.05, 4.69) is 13.0 Å². The lowest BCUT2D eigenvalue weighted by atomic mass is 9.83. The van der Waals surface area contributed by atoms with Crippen LogP contribution < -0.4 is 29.4 Å². The number of nitriles is 1. The number of fused-ring (bicyclic) bond motifs is 1. The monoisotopic (exact) mass is 528 g/mol. The first-order chi connectivity index (χ1) is 19.0. The van der Waals surface area contributed by atoms with Crippen LogP contribution in [0.3, 0.4) is 0 Å². The number of carbonyl (C=O) groups is 1. The summed E-state index contributed by atoms with van der Waals surface area (Å²) in [5, 5.41) is 9.94. The van der Waals surface area contributed by atoms with Crippen LogP contribution in [0.15, 0.2) is 72.1 Å². The van der Waals surface area contributed by atoms with Crippen molar-refractivity contribution < 1.29 is 28.5 Å². The molecule has 8 nitrogen and oxygen atoms in total. The first-order valence-corrected chi connectivity index (χ1v) is 13.0. The zero-order chi connectivity index (χ0) is 27.8. The Morgan fingerprint density at radius 2 is 1.67 bits per heavy atom. The third-order valence-corrected chi connectivity index (χ3v) is 6.16. The summed E-state index contributed by atoms with van der Waals surface area (Å²) in [7, 11) is 0. The van der Waals surface area contributed by atoms with Gasteiger partial charge < -0.3 is 29.4 Å². The molecule has 0 saturated carbocycles. The molecular formula is C31H32N2O6. The van der Waals surface area contributed by atoms with Crippen LogP contribution in [0.5, 0.6) is 28.7 Å². The minimum absolute atomic E-state index is 0.00813. The van der Waals surface area contributed by atoms with Crippen LogP contribution in [0.2, 0.25) is 0 Å². The van der Waals surface area contributed by atoms with Crippen LogP contribution in [0, 0.1) is 11.3 Å². The third-order valence-electron chi connectivity index (χ3n) is 6.16. The lowest BCUT2D eigenvalue weighted by Gasteiger charge is -2.27. The molecule has 0 spiro atoms. The van der Waals surface area contributed by atoms with Crippen molar-refractivity contribution in [3.8, 4) is 34.8 Å². The SMILES string of the molecule is CCCCOc1ccc(C2C(C#N)=C(N)Oc3cc(OC(=O)c4ccc(OCC)cc4)ccc32)cc1OCC. The van der Waals surface area contributed by atoms with Crippen LogP contribution in [0.1, 0.15) is 61.0 Å². The van der Waals surface area contributed by atoms with E-state index < -0.39 is 11.9 Å². The minimum atomic E-state index is -0.522. The molecule has 3 aromatic carbocycles. The van der Waals surface area contributed by atoms with Gasteiger partial charge in [-0.3, -0.25) is 0 Å². The molecule has 202 valence electrons. The van der Waals surface area contributed by atoms with Gasteiger partial charge in [-0.15, -0.1) is 0 Å². The largest absolute Gasteiger partial charge is 0.494 e. The van der Waals surface area contributed by atoms with Gasteiger partial charge in [0.2, 0.25) is 5.88 Å². The molecule has 1 unspecified atom stereocenters. The predicted octanol–water partition coefficient (Wildman–Crippen LogP) is 6.10. The molecule has 3 aromatic rings. The Kier molecular flexibility index (Phi) is 8.95. The van der Waals surface area contributed by atoms with Crippen LogP contribution >= 0.6 is 0 Å². The van der Waals surface area contributed by atoms with Crippen molar-refractivity contribution in [1.82, 2.24) is 0 Å². The van der Waals surface area contributed by atoms with Crippen molar-refractivity contribution in [2.24, 2.45) is 5.73 Å². The van der Waals surface area contributed by atoms with Gasteiger partial charge in [0.1, 0.15) is 28.9 Å². The maximum Gasteiger partial charge on any atom is 0.343 e. The lowest BCUT2D eigenvalue weighted by molar-refractivity contribution is 0.0734. The summed E-state index contributed by atoms with van der Waals surface area (Å²) < 4.78 is 28.6. The number of hydrogen-bond donors (Lipinski definition) is 1. The van der Waals surface area contributed by atoms with Gasteiger partial charge in [0.05, 0.1) is 31.3 Å². The highest BCUT2D eigenvalue weighted by molar-refractivity contribution is 5.91. The summed E-state index contributed by atoms with van der Waals surface area (Å²) in [4.78, 5) is 12.7. The number of carbonyl (C=O) groups excluding carboxylic acids is 1. The molecule has 39 heavy (non-hydrogen) atoms. The van der Waals surface area contributed by atoms with Crippen molar-refractivity contribution in [3.05, 3.63) is 88.8 Å². The number of unbranched alkanes of at least 4 members (excludes halogenated alkanes) is 1. The molecule has 0 saturated heterocycles. The topological polar surface area (TPSA) is 113 Å². The van der Waals surface area contributed by atoms with Crippen molar-refractivity contribution in [3.63, 3.8) is 0 Å². The molecule has 8 heteroatoms. The summed E-state index contributed by atoms with van der Waals surface area (Å²) >= 11 is 0. The normalized spacial score (nSPS) is 14.1. The molecule has 2 N–H and O–H groups in total. The number of nitrogens with two attached hydrogens (primary N) is 1. The average molecular weight is 529 g/mol. The Bertz CT molecular complexity index is 1390. The molecule has 1 atom stereocenters. The molecule has 0 fully saturated rings. The minimum Gasteiger partial charge on any atom is -0.494 e. The highest BCUT2D eigenvalue weighted by Crippen LogP contribution is 2.45. The van der Waals surface area contributed by atoms with E-state index in [-0.39, 0.29) is 17.2 Å². The second-order valence-corrected chi connectivity index (χ2v) is 8.81. The molecule has 1 heterocycles. The third kappa shape index (κ3) is 6.27. The molecular weight excluding hydrogens is 496 g/mol. The Morgan fingerprint density at radius 1 is 0.923 bits per heavy atom. The highest BCUT2D eigenvalue weighted by Gasteiger charge is 2.32. The summed E-state index contributed by atoms with van der Waals surface area (Å²) in [5.41, 5.74) is 8.35. The van der Waals surface area contributed by atoms with Gasteiger partial charge in [-0.05, 0) is 68.3 Å². The molecule has 0 aliphatic carbocycles. The Labute approximate surface area is 228 Å². The number of hydrogen-bond acceptors (Lipinski definition) is 8. The van der Waals surface area contributed by atoms with Crippen LogP contribution in [0.25, 0.3) is 0 Å². The van der Waals surface area contributed by atoms with Gasteiger partial charge in [-0.1, -0.05) is 25.5 Å². The van der Waals surface area contributed by atoms with Gasteiger partial charge in [0, 0.05) is 11.6 Å². The number of allylic oxidation sites excluding steroid dienone is 1. The van der Waals surface area contributed by atoms with E-state index in [1.807, 2.05) is 32.0 Å². The van der Waals surface area contributed by atoms with Crippen LogP contribution in [0.4, 0.5) is 0 Å². The first-order valence-electron chi connectivity index (χ1n) is 13.0. The first kappa shape index (κ1) is 27.4. The summed E-state index contributed by atoms with van der Waals surface area (Å²) in [5.74, 6) is 1.57. The number of esters is 1. The highest BCUT2D eigenvalue weighted by atomic mass is 16.5. The predicted molar refractivity (Wildman–Crippen MR) is 146 cm³/mol. The fraction of sp³-hybridized carbons (Fsp3) is 0.290. The van der Waals surface area contributed by atoms with Crippen molar-refractivity contribution in [2.45, 2.75) is 39.5 Å². The van der Waals surface area contributed by atoms with E-state index in [1.165, 1.54) is 0 Å². The van der Waals surface area contributed by atoms with E-state index in [0.717, 1.165) is 18.4 Å². The van der Waals surface area contributed by atoms with Gasteiger partial charge in [-0.2, -0.15) is 5.26 Å². The van der Waals surface area contributed by atoms with E-state index in [9.17, 15) is 10.1 Å². The molecule has 1 aliphatic heterocycles. The van der Waals surface area contributed by atoms with E-state index in [4.69, 9.17) is 29.4 Å². The number of benzene rings is 3. The number of nitrogens with zero attached hydrogens (tertiary/aromatic N) is 1. The Morgan fingerprint density at radius 3 is 2.36 bits per heavy atom. The molecule has 0 amide bonds. The maximum absolute atomic E-state index is 12.7. The summed E-state index contributed by atoms with van der Waals surface area (Å²) in [6, 6.07) is 19.6. The zero-order valence-electron chi connectivity index (χ0n) is 22.4. The lowest BCUT2D eigenvalue weighted by Crippen LogP contribution is -2.21.